The highest BCUT2D eigenvalue weighted by Crippen LogP contribution is 2.32. The fourth-order valence-electron chi connectivity index (χ4n) is 1.53. The van der Waals surface area contributed by atoms with Crippen molar-refractivity contribution >= 4 is 17.6 Å². The highest BCUT2D eigenvalue weighted by molar-refractivity contribution is 7.99. The van der Waals surface area contributed by atoms with Gasteiger partial charge in [-0.05, 0) is 18.6 Å². The van der Waals surface area contributed by atoms with Gasteiger partial charge in [0.2, 0.25) is 0 Å². The Morgan fingerprint density at radius 3 is 2.72 bits per heavy atom. The monoisotopic (exact) mass is 269 g/mol. The molecule has 0 bridgehead atoms. The normalized spacial score (nSPS) is 10.4. The van der Waals surface area contributed by atoms with E-state index in [0.29, 0.717) is 0 Å². The van der Waals surface area contributed by atoms with Crippen molar-refractivity contribution in [3.8, 4) is 5.75 Å². The first kappa shape index (κ1) is 15.1. The maximum Gasteiger partial charge on any atom is 0.193 e. The molecule has 102 valence electrons. The predicted molar refractivity (Wildman–Crippen MR) is 77.6 cm³/mol. The van der Waals surface area contributed by atoms with Crippen molar-refractivity contribution in [3.05, 3.63) is 6.33 Å². The van der Waals surface area contributed by atoms with E-state index in [2.05, 4.69) is 29.1 Å². The highest BCUT2D eigenvalue weighted by atomic mass is 32.2. The van der Waals surface area contributed by atoms with Crippen molar-refractivity contribution in [2.24, 2.45) is 0 Å². The number of aromatic nitrogens is 2. The maximum absolute atomic E-state index is 5.42. The molecule has 0 fully saturated rings. The van der Waals surface area contributed by atoms with Crippen molar-refractivity contribution in [2.75, 3.05) is 24.7 Å². The Morgan fingerprint density at radius 1 is 1.22 bits per heavy atom. The third-order valence-electron chi connectivity index (χ3n) is 2.50. The first-order valence-corrected chi connectivity index (χ1v) is 7.57. The zero-order valence-corrected chi connectivity index (χ0v) is 12.3. The van der Waals surface area contributed by atoms with E-state index in [0.717, 1.165) is 35.3 Å². The molecule has 0 aliphatic rings. The standard InChI is InChI=1S/C13H23N3OS/c1-4-6-7-9-18-13-11(17-3)12(14-8-5-2)15-10-16-13/h10H,4-9H2,1-3H3,(H,14,15,16). The second kappa shape index (κ2) is 9.03. The van der Waals surface area contributed by atoms with Gasteiger partial charge in [0.1, 0.15) is 11.4 Å². The van der Waals surface area contributed by atoms with Crippen LogP contribution in [-0.2, 0) is 0 Å². The summed E-state index contributed by atoms with van der Waals surface area (Å²) in [6, 6.07) is 0. The molecule has 1 aromatic rings. The molecular formula is C13H23N3OS. The first-order chi connectivity index (χ1) is 8.83. The minimum Gasteiger partial charge on any atom is -0.490 e. The summed E-state index contributed by atoms with van der Waals surface area (Å²) >= 11 is 1.74. The molecule has 0 saturated heterocycles. The zero-order valence-electron chi connectivity index (χ0n) is 11.5. The topological polar surface area (TPSA) is 47.0 Å². The van der Waals surface area contributed by atoms with Crippen molar-refractivity contribution in [3.63, 3.8) is 0 Å². The second-order valence-corrected chi connectivity index (χ2v) is 5.13. The summed E-state index contributed by atoms with van der Waals surface area (Å²) in [7, 11) is 1.67. The lowest BCUT2D eigenvalue weighted by atomic mass is 10.3. The van der Waals surface area contributed by atoms with Gasteiger partial charge in [-0.3, -0.25) is 0 Å². The molecule has 0 spiro atoms. The number of anilines is 1. The van der Waals surface area contributed by atoms with Gasteiger partial charge in [-0.1, -0.05) is 26.7 Å². The highest BCUT2D eigenvalue weighted by Gasteiger charge is 2.11. The van der Waals surface area contributed by atoms with Gasteiger partial charge in [-0.15, -0.1) is 11.8 Å². The van der Waals surface area contributed by atoms with E-state index in [4.69, 9.17) is 4.74 Å². The van der Waals surface area contributed by atoms with Crippen LogP contribution in [0.3, 0.4) is 0 Å². The van der Waals surface area contributed by atoms with E-state index < -0.39 is 0 Å². The lowest BCUT2D eigenvalue weighted by molar-refractivity contribution is 0.400. The van der Waals surface area contributed by atoms with E-state index in [1.807, 2.05) is 0 Å². The summed E-state index contributed by atoms with van der Waals surface area (Å²) in [6.07, 6.45) is 6.38. The van der Waals surface area contributed by atoms with Gasteiger partial charge in [-0.25, -0.2) is 9.97 Å². The number of hydrogen-bond donors (Lipinski definition) is 1. The Labute approximate surface area is 114 Å². The third-order valence-corrected chi connectivity index (χ3v) is 3.56. The van der Waals surface area contributed by atoms with Crippen LogP contribution in [0.15, 0.2) is 11.4 Å². The number of rotatable bonds is 9. The summed E-state index contributed by atoms with van der Waals surface area (Å²) in [5.74, 6) is 2.65. The molecule has 1 aromatic heterocycles. The number of nitrogens with zero attached hydrogens (tertiary/aromatic N) is 2. The largest absolute Gasteiger partial charge is 0.490 e. The van der Waals surface area contributed by atoms with Gasteiger partial charge in [0.15, 0.2) is 11.6 Å². The second-order valence-electron chi connectivity index (χ2n) is 4.04. The summed E-state index contributed by atoms with van der Waals surface area (Å²) in [5, 5.41) is 4.20. The van der Waals surface area contributed by atoms with E-state index in [1.165, 1.54) is 19.3 Å². The Bertz CT molecular complexity index is 347. The molecule has 1 N–H and O–H groups in total. The number of thioether (sulfide) groups is 1. The number of nitrogens with one attached hydrogen (secondary N) is 1. The predicted octanol–water partition coefficient (Wildman–Crippen LogP) is 3.59. The van der Waals surface area contributed by atoms with Crippen molar-refractivity contribution in [1.82, 2.24) is 9.97 Å². The minimum absolute atomic E-state index is 0.771. The van der Waals surface area contributed by atoms with E-state index in [-0.39, 0.29) is 0 Å². The molecule has 18 heavy (non-hydrogen) atoms. The molecule has 1 rings (SSSR count). The Morgan fingerprint density at radius 2 is 2.06 bits per heavy atom. The molecule has 0 unspecified atom stereocenters. The van der Waals surface area contributed by atoms with Crippen molar-refractivity contribution in [1.29, 1.82) is 0 Å². The summed E-state index contributed by atoms with van der Waals surface area (Å²) in [5.41, 5.74) is 0. The van der Waals surface area contributed by atoms with Crippen molar-refractivity contribution < 1.29 is 4.74 Å². The van der Waals surface area contributed by atoms with Crippen LogP contribution in [0.1, 0.15) is 39.5 Å². The molecule has 4 nitrogen and oxygen atoms in total. The summed E-state index contributed by atoms with van der Waals surface area (Å²) in [4.78, 5) is 8.53. The number of methoxy groups -OCH3 is 1. The zero-order chi connectivity index (χ0) is 13.2. The lowest BCUT2D eigenvalue weighted by Crippen LogP contribution is -2.05. The van der Waals surface area contributed by atoms with Gasteiger partial charge in [0.05, 0.1) is 7.11 Å². The molecule has 0 aliphatic heterocycles. The van der Waals surface area contributed by atoms with E-state index in [1.54, 1.807) is 25.2 Å². The van der Waals surface area contributed by atoms with Crippen LogP contribution in [0.25, 0.3) is 0 Å². The van der Waals surface area contributed by atoms with Gasteiger partial charge >= 0.3 is 0 Å². The van der Waals surface area contributed by atoms with Crippen LogP contribution in [0.2, 0.25) is 0 Å². The summed E-state index contributed by atoms with van der Waals surface area (Å²) < 4.78 is 5.42. The van der Waals surface area contributed by atoms with Crippen LogP contribution < -0.4 is 10.1 Å². The third kappa shape index (κ3) is 4.72. The summed E-state index contributed by atoms with van der Waals surface area (Å²) in [6.45, 7) is 5.23. The number of ether oxygens (including phenoxy) is 1. The molecule has 0 aromatic carbocycles. The Balaban J connectivity index is 2.65. The molecule has 5 heteroatoms. The molecule has 0 atom stereocenters. The van der Waals surface area contributed by atoms with E-state index in [9.17, 15) is 0 Å². The molecule has 0 aliphatic carbocycles. The van der Waals surface area contributed by atoms with Crippen LogP contribution >= 0.6 is 11.8 Å². The quantitative estimate of drug-likeness (QED) is 0.422. The average Bonchev–Trinajstić information content (AvgIpc) is 2.41. The Hall–Kier alpha value is -0.970. The number of hydrogen-bond acceptors (Lipinski definition) is 5. The van der Waals surface area contributed by atoms with Crippen LogP contribution in [0.4, 0.5) is 5.82 Å². The number of unbranched alkanes of at least 4 members (excludes halogenated alkanes) is 2. The molecule has 0 radical (unpaired) electrons. The minimum atomic E-state index is 0.771. The molecule has 0 amide bonds. The van der Waals surface area contributed by atoms with Crippen LogP contribution in [0, 0.1) is 0 Å². The van der Waals surface area contributed by atoms with Gasteiger partial charge < -0.3 is 10.1 Å². The SMILES string of the molecule is CCCCCSc1ncnc(NCCC)c1OC. The molecular weight excluding hydrogens is 246 g/mol. The van der Waals surface area contributed by atoms with Gasteiger partial charge in [-0.2, -0.15) is 0 Å². The average molecular weight is 269 g/mol. The smallest absolute Gasteiger partial charge is 0.193 e. The maximum atomic E-state index is 5.42. The fourth-order valence-corrected chi connectivity index (χ4v) is 2.51. The molecule has 0 saturated carbocycles. The van der Waals surface area contributed by atoms with Gasteiger partial charge in [0, 0.05) is 6.54 Å². The van der Waals surface area contributed by atoms with Gasteiger partial charge in [0.25, 0.3) is 0 Å². The lowest BCUT2D eigenvalue weighted by Gasteiger charge is -2.12. The molecule has 1 heterocycles. The van der Waals surface area contributed by atoms with Crippen LogP contribution in [0.5, 0.6) is 5.75 Å². The fraction of sp³-hybridized carbons (Fsp3) is 0.692. The van der Waals surface area contributed by atoms with Crippen molar-refractivity contribution in [2.45, 2.75) is 44.6 Å². The van der Waals surface area contributed by atoms with E-state index >= 15 is 0 Å². The Kier molecular flexibility index (Phi) is 7.57. The first-order valence-electron chi connectivity index (χ1n) is 6.59. The van der Waals surface area contributed by atoms with Crippen LogP contribution in [-0.4, -0.2) is 29.4 Å².